The molecule has 2 rings (SSSR count). The molecule has 128 valence electrons. The van der Waals surface area contributed by atoms with Crippen LogP contribution in [0.1, 0.15) is 33.5 Å². The van der Waals surface area contributed by atoms with E-state index in [1.165, 1.54) is 11.1 Å². The number of benzene rings is 2. The third kappa shape index (κ3) is 5.10. The molecule has 2 aromatic carbocycles. The number of aliphatic hydroxyl groups is 1. The number of hydrogen-bond donors (Lipinski definition) is 3. The van der Waals surface area contributed by atoms with E-state index >= 15 is 0 Å². The van der Waals surface area contributed by atoms with E-state index in [-0.39, 0.29) is 19.1 Å². The Morgan fingerprint density at radius 3 is 2.62 bits per heavy atom. The fraction of sp³-hybridized carbons (Fsp3) is 0.350. The zero-order valence-electron chi connectivity index (χ0n) is 14.4. The van der Waals surface area contributed by atoms with Crippen LogP contribution in [-0.2, 0) is 6.42 Å². The van der Waals surface area contributed by atoms with E-state index in [9.17, 15) is 4.79 Å². The molecular weight excluding hydrogens is 300 g/mol. The van der Waals surface area contributed by atoms with Crippen LogP contribution >= 0.6 is 0 Å². The Hall–Kier alpha value is -2.33. The maximum atomic E-state index is 12.1. The number of anilines is 1. The largest absolute Gasteiger partial charge is 0.395 e. The lowest BCUT2D eigenvalue weighted by molar-refractivity contribution is 0.0944. The average molecular weight is 326 g/mol. The fourth-order valence-corrected chi connectivity index (χ4v) is 2.72. The minimum Gasteiger partial charge on any atom is -0.395 e. The van der Waals surface area contributed by atoms with Crippen molar-refractivity contribution in [2.75, 3.05) is 25.0 Å². The van der Waals surface area contributed by atoms with Crippen molar-refractivity contribution >= 4 is 11.6 Å². The zero-order valence-corrected chi connectivity index (χ0v) is 14.4. The van der Waals surface area contributed by atoms with Gasteiger partial charge < -0.3 is 15.7 Å². The van der Waals surface area contributed by atoms with E-state index in [0.29, 0.717) is 5.56 Å². The second-order valence-corrected chi connectivity index (χ2v) is 5.98. The van der Waals surface area contributed by atoms with Gasteiger partial charge in [0.2, 0.25) is 0 Å². The molecule has 4 heteroatoms. The summed E-state index contributed by atoms with van der Waals surface area (Å²) in [5.74, 6) is -0.148. The molecule has 3 N–H and O–H groups in total. The highest BCUT2D eigenvalue weighted by molar-refractivity contribution is 5.97. The molecule has 0 aliphatic rings. The Labute approximate surface area is 143 Å². The zero-order chi connectivity index (χ0) is 17.4. The first-order valence-electron chi connectivity index (χ1n) is 8.40. The summed E-state index contributed by atoms with van der Waals surface area (Å²) in [6.45, 7) is 5.12. The van der Waals surface area contributed by atoms with Crippen LogP contribution in [0.5, 0.6) is 0 Å². The van der Waals surface area contributed by atoms with Gasteiger partial charge in [-0.2, -0.15) is 0 Å². The van der Waals surface area contributed by atoms with E-state index in [2.05, 4.69) is 41.8 Å². The summed E-state index contributed by atoms with van der Waals surface area (Å²) in [6.07, 6.45) is 2.06. The molecule has 0 heterocycles. The van der Waals surface area contributed by atoms with Crippen molar-refractivity contribution in [3.8, 4) is 0 Å². The molecule has 0 fully saturated rings. The van der Waals surface area contributed by atoms with Gasteiger partial charge in [0.25, 0.3) is 5.91 Å². The van der Waals surface area contributed by atoms with Gasteiger partial charge in [-0.25, -0.2) is 0 Å². The molecule has 0 atom stereocenters. The maximum Gasteiger partial charge on any atom is 0.251 e. The summed E-state index contributed by atoms with van der Waals surface area (Å²) in [6, 6.07) is 14.3. The van der Waals surface area contributed by atoms with Crippen molar-refractivity contribution in [1.29, 1.82) is 0 Å². The van der Waals surface area contributed by atoms with Gasteiger partial charge in [0.15, 0.2) is 0 Å². The first kappa shape index (κ1) is 18.0. The molecule has 0 saturated heterocycles. The van der Waals surface area contributed by atoms with E-state index in [0.717, 1.165) is 30.6 Å². The summed E-state index contributed by atoms with van der Waals surface area (Å²) in [5, 5.41) is 14.9. The molecule has 1 amide bonds. The Bertz CT molecular complexity index is 683. The monoisotopic (exact) mass is 326 g/mol. The highest BCUT2D eigenvalue weighted by Crippen LogP contribution is 2.19. The standard InChI is InChI=1S/C20H26N2O2/c1-15-6-3-7-17(14-15)8-5-11-21-19-10-4-9-18(16(19)2)20(24)22-12-13-23/h3-4,6-7,9-10,14,21,23H,5,8,11-13H2,1-2H3,(H,22,24). The molecule has 0 unspecified atom stereocenters. The van der Waals surface area contributed by atoms with E-state index in [1.807, 2.05) is 19.1 Å². The molecule has 0 aliphatic carbocycles. The van der Waals surface area contributed by atoms with E-state index in [1.54, 1.807) is 6.07 Å². The number of nitrogens with one attached hydrogen (secondary N) is 2. The molecule has 0 aromatic heterocycles. The van der Waals surface area contributed by atoms with Crippen LogP contribution in [0.15, 0.2) is 42.5 Å². The summed E-state index contributed by atoms with van der Waals surface area (Å²) in [7, 11) is 0. The first-order valence-corrected chi connectivity index (χ1v) is 8.40. The minimum atomic E-state index is -0.148. The van der Waals surface area contributed by atoms with Crippen molar-refractivity contribution in [2.45, 2.75) is 26.7 Å². The SMILES string of the molecule is Cc1cccc(CCCNc2cccc(C(=O)NCCO)c2C)c1. The van der Waals surface area contributed by atoms with E-state index in [4.69, 9.17) is 5.11 Å². The summed E-state index contributed by atoms with van der Waals surface area (Å²) in [4.78, 5) is 12.1. The number of amides is 1. The lowest BCUT2D eigenvalue weighted by Gasteiger charge is -2.13. The molecule has 0 aliphatic heterocycles. The molecule has 4 nitrogen and oxygen atoms in total. The van der Waals surface area contributed by atoms with Gasteiger partial charge in [-0.1, -0.05) is 35.9 Å². The summed E-state index contributed by atoms with van der Waals surface area (Å²) in [5.41, 5.74) is 5.20. The van der Waals surface area contributed by atoms with Crippen LogP contribution in [0.2, 0.25) is 0 Å². The van der Waals surface area contributed by atoms with Gasteiger partial charge in [-0.05, 0) is 49.9 Å². The average Bonchev–Trinajstić information content (AvgIpc) is 2.58. The second-order valence-electron chi connectivity index (χ2n) is 5.98. The number of carbonyl (C=O) groups excluding carboxylic acids is 1. The second kappa shape index (κ2) is 9.08. The quantitative estimate of drug-likeness (QED) is 0.653. The number of carbonyl (C=O) groups is 1. The van der Waals surface area contributed by atoms with Gasteiger partial charge in [0.1, 0.15) is 0 Å². The fourth-order valence-electron chi connectivity index (χ4n) is 2.72. The minimum absolute atomic E-state index is 0.0539. The van der Waals surface area contributed by atoms with Gasteiger partial charge in [0, 0.05) is 24.3 Å². The Balaban J connectivity index is 1.89. The van der Waals surface area contributed by atoms with Crippen LogP contribution < -0.4 is 10.6 Å². The van der Waals surface area contributed by atoms with Crippen molar-refractivity contribution < 1.29 is 9.90 Å². The smallest absolute Gasteiger partial charge is 0.251 e. The molecular formula is C20H26N2O2. The number of aryl methyl sites for hydroxylation is 2. The van der Waals surface area contributed by atoms with Gasteiger partial charge in [-0.15, -0.1) is 0 Å². The molecule has 0 bridgehead atoms. The Kier molecular flexibility index (Phi) is 6.82. The first-order chi connectivity index (χ1) is 11.6. The molecule has 0 spiro atoms. The highest BCUT2D eigenvalue weighted by atomic mass is 16.3. The lowest BCUT2D eigenvalue weighted by atomic mass is 10.1. The molecule has 0 saturated carbocycles. The van der Waals surface area contributed by atoms with Crippen molar-refractivity contribution in [3.63, 3.8) is 0 Å². The molecule has 2 aromatic rings. The topological polar surface area (TPSA) is 61.4 Å². The van der Waals surface area contributed by atoms with Gasteiger partial charge in [0.05, 0.1) is 6.61 Å². The third-order valence-corrected chi connectivity index (χ3v) is 4.02. The lowest BCUT2D eigenvalue weighted by Crippen LogP contribution is -2.27. The normalized spacial score (nSPS) is 10.5. The summed E-state index contributed by atoms with van der Waals surface area (Å²) < 4.78 is 0. The van der Waals surface area contributed by atoms with Crippen molar-refractivity contribution in [2.24, 2.45) is 0 Å². The van der Waals surface area contributed by atoms with Crippen LogP contribution in [-0.4, -0.2) is 30.7 Å². The van der Waals surface area contributed by atoms with Crippen molar-refractivity contribution in [3.05, 3.63) is 64.7 Å². The molecule has 0 radical (unpaired) electrons. The van der Waals surface area contributed by atoms with Gasteiger partial charge >= 0.3 is 0 Å². The number of rotatable bonds is 8. The highest BCUT2D eigenvalue weighted by Gasteiger charge is 2.10. The Morgan fingerprint density at radius 2 is 1.88 bits per heavy atom. The van der Waals surface area contributed by atoms with E-state index < -0.39 is 0 Å². The number of aliphatic hydroxyl groups excluding tert-OH is 1. The van der Waals surface area contributed by atoms with Crippen LogP contribution in [0.3, 0.4) is 0 Å². The summed E-state index contributed by atoms with van der Waals surface area (Å²) >= 11 is 0. The van der Waals surface area contributed by atoms with Crippen LogP contribution in [0.4, 0.5) is 5.69 Å². The predicted octanol–water partition coefficient (Wildman–Crippen LogP) is 3.07. The van der Waals surface area contributed by atoms with Crippen LogP contribution in [0.25, 0.3) is 0 Å². The van der Waals surface area contributed by atoms with Gasteiger partial charge in [-0.3, -0.25) is 4.79 Å². The third-order valence-electron chi connectivity index (χ3n) is 4.02. The molecule has 24 heavy (non-hydrogen) atoms. The Morgan fingerprint density at radius 1 is 1.08 bits per heavy atom. The van der Waals surface area contributed by atoms with Crippen molar-refractivity contribution in [1.82, 2.24) is 5.32 Å². The predicted molar refractivity (Wildman–Crippen MR) is 98.6 cm³/mol. The van der Waals surface area contributed by atoms with Crippen LogP contribution in [0, 0.1) is 13.8 Å². The maximum absolute atomic E-state index is 12.1. The number of hydrogen-bond acceptors (Lipinski definition) is 3.